The lowest BCUT2D eigenvalue weighted by molar-refractivity contribution is 0.775. The lowest BCUT2D eigenvalue weighted by Crippen LogP contribution is -1.97. The highest BCUT2D eigenvalue weighted by molar-refractivity contribution is 14.1. The monoisotopic (exact) mass is 385 g/mol. The minimum absolute atomic E-state index is 0.552. The first kappa shape index (κ1) is 12.8. The van der Waals surface area contributed by atoms with Gasteiger partial charge >= 0.3 is 0 Å². The normalized spacial score (nSPS) is 14.3. The molecule has 1 aliphatic rings. The number of hydrogen-bond donors (Lipinski definition) is 0. The van der Waals surface area contributed by atoms with Gasteiger partial charge < -0.3 is 4.57 Å². The average molecular weight is 385 g/mol. The number of aromatic nitrogens is 2. The van der Waals surface area contributed by atoms with Crippen LogP contribution in [-0.2, 0) is 0 Å². The molecule has 0 spiro atoms. The number of imidazole rings is 1. The van der Waals surface area contributed by atoms with E-state index in [2.05, 4.69) is 57.5 Å². The fraction of sp³-hybridized carbons (Fsp3) is 0.176. The Kier molecular flexibility index (Phi) is 2.96. The molecule has 3 nitrogen and oxygen atoms in total. The van der Waals surface area contributed by atoms with Gasteiger partial charge in [0.2, 0.25) is 0 Å². The van der Waals surface area contributed by atoms with E-state index >= 15 is 0 Å². The quantitative estimate of drug-likeness (QED) is 0.609. The second-order valence-electron chi connectivity index (χ2n) is 5.36. The summed E-state index contributed by atoms with van der Waals surface area (Å²) in [5.41, 5.74) is 3.85. The number of rotatable bonds is 2. The SMILES string of the molecule is N#Cc1ccc2c(c1)nc(-c1cccc(I)c1)n2C1CC1. The van der Waals surface area contributed by atoms with Crippen molar-refractivity contribution < 1.29 is 0 Å². The molecule has 0 unspecified atom stereocenters. The predicted molar refractivity (Wildman–Crippen MR) is 90.9 cm³/mol. The number of nitrogens with zero attached hydrogens (tertiary/aromatic N) is 3. The van der Waals surface area contributed by atoms with Gasteiger partial charge in [-0.1, -0.05) is 12.1 Å². The molecule has 1 heterocycles. The van der Waals surface area contributed by atoms with Gasteiger partial charge in [-0.3, -0.25) is 0 Å². The first-order valence-corrected chi connectivity index (χ1v) is 8.02. The number of halogens is 1. The van der Waals surface area contributed by atoms with E-state index in [1.165, 1.54) is 16.4 Å². The Morgan fingerprint density at radius 2 is 2.05 bits per heavy atom. The third-order valence-corrected chi connectivity index (χ3v) is 4.48. The molecule has 1 fully saturated rings. The van der Waals surface area contributed by atoms with Crippen molar-refractivity contribution in [3.05, 3.63) is 51.6 Å². The number of nitriles is 1. The molecule has 0 saturated heterocycles. The van der Waals surface area contributed by atoms with Crippen LogP contribution in [0.3, 0.4) is 0 Å². The van der Waals surface area contributed by atoms with E-state index in [9.17, 15) is 0 Å². The molecule has 0 N–H and O–H groups in total. The molecule has 0 radical (unpaired) electrons. The van der Waals surface area contributed by atoms with Crippen molar-refractivity contribution in [3.63, 3.8) is 0 Å². The topological polar surface area (TPSA) is 41.6 Å². The smallest absolute Gasteiger partial charge is 0.141 e. The molecule has 3 aromatic rings. The molecule has 1 aromatic heterocycles. The van der Waals surface area contributed by atoms with Crippen LogP contribution >= 0.6 is 22.6 Å². The molecule has 102 valence electrons. The highest BCUT2D eigenvalue weighted by Crippen LogP contribution is 2.41. The van der Waals surface area contributed by atoms with Crippen LogP contribution in [0.25, 0.3) is 22.4 Å². The van der Waals surface area contributed by atoms with Gasteiger partial charge in [-0.15, -0.1) is 0 Å². The Hall–Kier alpha value is -1.87. The van der Waals surface area contributed by atoms with E-state index in [0.29, 0.717) is 11.6 Å². The van der Waals surface area contributed by atoms with Crippen LogP contribution in [0.2, 0.25) is 0 Å². The van der Waals surface area contributed by atoms with Crippen LogP contribution in [-0.4, -0.2) is 9.55 Å². The zero-order valence-electron chi connectivity index (χ0n) is 11.3. The van der Waals surface area contributed by atoms with E-state index in [4.69, 9.17) is 10.2 Å². The largest absolute Gasteiger partial charge is 0.321 e. The lowest BCUT2D eigenvalue weighted by atomic mass is 10.2. The molecular formula is C17H12IN3. The highest BCUT2D eigenvalue weighted by Gasteiger charge is 2.28. The predicted octanol–water partition coefficient (Wildman–Crippen LogP) is 4.51. The molecular weight excluding hydrogens is 373 g/mol. The van der Waals surface area contributed by atoms with Crippen molar-refractivity contribution in [3.8, 4) is 17.5 Å². The zero-order chi connectivity index (χ0) is 14.4. The first-order valence-electron chi connectivity index (χ1n) is 6.94. The fourth-order valence-electron chi connectivity index (χ4n) is 2.70. The van der Waals surface area contributed by atoms with Crippen molar-refractivity contribution in [2.24, 2.45) is 0 Å². The van der Waals surface area contributed by atoms with Crippen molar-refractivity contribution >= 4 is 33.6 Å². The van der Waals surface area contributed by atoms with Gasteiger partial charge in [0.25, 0.3) is 0 Å². The molecule has 21 heavy (non-hydrogen) atoms. The third kappa shape index (κ3) is 2.22. The van der Waals surface area contributed by atoms with Crippen LogP contribution < -0.4 is 0 Å². The van der Waals surface area contributed by atoms with E-state index in [1.54, 1.807) is 0 Å². The Morgan fingerprint density at radius 1 is 1.19 bits per heavy atom. The van der Waals surface area contributed by atoms with Gasteiger partial charge in [-0.25, -0.2) is 4.98 Å². The van der Waals surface area contributed by atoms with Gasteiger partial charge in [0.1, 0.15) is 5.82 Å². The van der Waals surface area contributed by atoms with Crippen molar-refractivity contribution in [1.82, 2.24) is 9.55 Å². The summed E-state index contributed by atoms with van der Waals surface area (Å²) in [4.78, 5) is 4.80. The van der Waals surface area contributed by atoms with Crippen LogP contribution in [0.15, 0.2) is 42.5 Å². The van der Waals surface area contributed by atoms with Crippen molar-refractivity contribution in [1.29, 1.82) is 5.26 Å². The minimum Gasteiger partial charge on any atom is -0.321 e. The summed E-state index contributed by atoms with van der Waals surface area (Å²) >= 11 is 2.33. The van der Waals surface area contributed by atoms with Crippen LogP contribution in [0.5, 0.6) is 0 Å². The van der Waals surface area contributed by atoms with Crippen molar-refractivity contribution in [2.45, 2.75) is 18.9 Å². The average Bonchev–Trinajstić information content (AvgIpc) is 3.26. The fourth-order valence-corrected chi connectivity index (χ4v) is 3.24. The molecule has 1 aliphatic carbocycles. The van der Waals surface area contributed by atoms with Crippen LogP contribution in [0, 0.1) is 14.9 Å². The summed E-state index contributed by atoms with van der Waals surface area (Å²) in [5, 5.41) is 9.06. The summed E-state index contributed by atoms with van der Waals surface area (Å²) in [5.74, 6) is 1.01. The van der Waals surface area contributed by atoms with E-state index in [1.807, 2.05) is 18.2 Å². The maximum Gasteiger partial charge on any atom is 0.141 e. The minimum atomic E-state index is 0.552. The summed E-state index contributed by atoms with van der Waals surface area (Å²) in [6.07, 6.45) is 2.42. The third-order valence-electron chi connectivity index (χ3n) is 3.81. The molecule has 0 bridgehead atoms. The van der Waals surface area contributed by atoms with Gasteiger partial charge in [0.15, 0.2) is 0 Å². The Bertz CT molecular complexity index is 885. The first-order chi connectivity index (χ1) is 10.3. The van der Waals surface area contributed by atoms with Gasteiger partial charge in [0, 0.05) is 15.2 Å². The maximum absolute atomic E-state index is 9.06. The zero-order valence-corrected chi connectivity index (χ0v) is 13.4. The Labute approximate surface area is 136 Å². The Morgan fingerprint density at radius 3 is 2.76 bits per heavy atom. The molecule has 0 atom stereocenters. The molecule has 4 heteroatoms. The number of hydrogen-bond acceptors (Lipinski definition) is 2. The van der Waals surface area contributed by atoms with E-state index in [0.717, 1.165) is 22.4 Å². The van der Waals surface area contributed by atoms with E-state index < -0.39 is 0 Å². The van der Waals surface area contributed by atoms with Crippen molar-refractivity contribution in [2.75, 3.05) is 0 Å². The lowest BCUT2D eigenvalue weighted by Gasteiger charge is -2.08. The summed E-state index contributed by atoms with van der Waals surface area (Å²) in [7, 11) is 0. The van der Waals surface area contributed by atoms with Crippen LogP contribution in [0.4, 0.5) is 0 Å². The molecule has 4 rings (SSSR count). The molecule has 1 saturated carbocycles. The highest BCUT2D eigenvalue weighted by atomic mass is 127. The summed E-state index contributed by atoms with van der Waals surface area (Å²) < 4.78 is 3.54. The summed E-state index contributed by atoms with van der Waals surface area (Å²) in [6, 6.07) is 16.9. The molecule has 2 aromatic carbocycles. The maximum atomic E-state index is 9.06. The second kappa shape index (κ2) is 4.85. The van der Waals surface area contributed by atoms with Gasteiger partial charge in [0.05, 0.1) is 22.7 Å². The van der Waals surface area contributed by atoms with Gasteiger partial charge in [-0.2, -0.15) is 5.26 Å². The summed E-state index contributed by atoms with van der Waals surface area (Å²) in [6.45, 7) is 0. The van der Waals surface area contributed by atoms with Crippen LogP contribution in [0.1, 0.15) is 24.4 Å². The standard InChI is InChI=1S/C17H12IN3/c18-13-3-1-2-12(9-13)17-20-15-8-11(10-19)4-7-16(15)21(17)14-5-6-14/h1-4,7-9,14H,5-6H2. The van der Waals surface area contributed by atoms with Gasteiger partial charge in [-0.05, 0) is 65.8 Å². The van der Waals surface area contributed by atoms with E-state index in [-0.39, 0.29) is 0 Å². The Balaban J connectivity index is 1.99. The number of benzene rings is 2. The molecule has 0 aliphatic heterocycles. The second-order valence-corrected chi connectivity index (χ2v) is 6.61. The number of fused-ring (bicyclic) bond motifs is 1. The molecule has 0 amide bonds.